The van der Waals surface area contributed by atoms with E-state index in [0.717, 1.165) is 0 Å². The van der Waals surface area contributed by atoms with Crippen molar-refractivity contribution in [3.05, 3.63) is 29.7 Å². The molecular weight excluding hydrogens is 182 g/mol. The molecule has 70 valence electrons. The first-order valence-corrected chi connectivity index (χ1v) is 4.00. The molecule has 0 aliphatic heterocycles. The Labute approximate surface area is 79.5 Å². The second-order valence-corrected chi connectivity index (χ2v) is 2.83. The van der Waals surface area contributed by atoms with Gasteiger partial charge in [-0.15, -0.1) is 0 Å². The van der Waals surface area contributed by atoms with Gasteiger partial charge in [-0.2, -0.15) is 0 Å². The SMILES string of the molecule is Cc1c(C(=O)O)cnc2nccnc12. The molecule has 0 bridgehead atoms. The molecule has 5 heteroatoms. The monoisotopic (exact) mass is 189 g/mol. The molecule has 0 aliphatic rings. The van der Waals surface area contributed by atoms with E-state index in [1.165, 1.54) is 18.6 Å². The van der Waals surface area contributed by atoms with Gasteiger partial charge in [-0.05, 0) is 12.5 Å². The van der Waals surface area contributed by atoms with Crippen molar-refractivity contribution in [1.82, 2.24) is 15.0 Å². The predicted molar refractivity (Wildman–Crippen MR) is 49.0 cm³/mol. The summed E-state index contributed by atoms with van der Waals surface area (Å²) in [7, 11) is 0. The van der Waals surface area contributed by atoms with Crippen molar-refractivity contribution in [1.29, 1.82) is 0 Å². The molecule has 0 amide bonds. The molecule has 0 aromatic carbocycles. The van der Waals surface area contributed by atoms with Gasteiger partial charge >= 0.3 is 5.97 Å². The molecule has 0 unspecified atom stereocenters. The van der Waals surface area contributed by atoms with Crippen LogP contribution < -0.4 is 0 Å². The van der Waals surface area contributed by atoms with E-state index >= 15 is 0 Å². The Bertz CT molecular complexity index is 510. The number of hydrogen-bond acceptors (Lipinski definition) is 4. The highest BCUT2D eigenvalue weighted by molar-refractivity contribution is 5.93. The topological polar surface area (TPSA) is 76.0 Å². The second-order valence-electron chi connectivity index (χ2n) is 2.83. The third-order valence-corrected chi connectivity index (χ3v) is 1.98. The van der Waals surface area contributed by atoms with Crippen LogP contribution in [0, 0.1) is 6.92 Å². The fourth-order valence-electron chi connectivity index (χ4n) is 1.26. The molecule has 1 N–H and O–H groups in total. The van der Waals surface area contributed by atoms with E-state index in [2.05, 4.69) is 15.0 Å². The van der Waals surface area contributed by atoms with Gasteiger partial charge in [0.05, 0.1) is 5.56 Å². The summed E-state index contributed by atoms with van der Waals surface area (Å²) < 4.78 is 0. The molecule has 0 saturated heterocycles. The molecule has 14 heavy (non-hydrogen) atoms. The van der Waals surface area contributed by atoms with Gasteiger partial charge in [0.25, 0.3) is 0 Å². The molecule has 0 radical (unpaired) electrons. The number of carbonyl (C=O) groups is 1. The molecular formula is C9H7N3O2. The second kappa shape index (κ2) is 3.02. The van der Waals surface area contributed by atoms with Gasteiger partial charge in [-0.3, -0.25) is 4.98 Å². The summed E-state index contributed by atoms with van der Waals surface area (Å²) in [5.74, 6) is -0.998. The number of aromatic nitrogens is 3. The van der Waals surface area contributed by atoms with Crippen LogP contribution in [-0.4, -0.2) is 26.0 Å². The molecule has 2 aromatic heterocycles. The fraction of sp³-hybridized carbons (Fsp3) is 0.111. The Balaban J connectivity index is 2.81. The van der Waals surface area contributed by atoms with Crippen LogP contribution in [-0.2, 0) is 0 Å². The Morgan fingerprint density at radius 2 is 2.00 bits per heavy atom. The summed E-state index contributed by atoms with van der Waals surface area (Å²) >= 11 is 0. The maximum Gasteiger partial charge on any atom is 0.337 e. The van der Waals surface area contributed by atoms with Gasteiger partial charge in [-0.1, -0.05) is 0 Å². The average Bonchev–Trinajstić information content (AvgIpc) is 2.18. The number of nitrogens with zero attached hydrogens (tertiary/aromatic N) is 3. The normalized spacial score (nSPS) is 10.4. The van der Waals surface area contributed by atoms with Crippen molar-refractivity contribution in [3.8, 4) is 0 Å². The number of rotatable bonds is 1. The summed E-state index contributed by atoms with van der Waals surface area (Å²) in [6, 6.07) is 0. The molecule has 2 rings (SSSR count). The standard InChI is InChI=1S/C9H7N3O2/c1-5-6(9(13)14)4-12-8-7(5)10-2-3-11-8/h2-4H,1H3,(H,13,14). The Hall–Kier alpha value is -2.04. The van der Waals surface area contributed by atoms with Crippen molar-refractivity contribution < 1.29 is 9.90 Å². The number of carboxylic acids is 1. The summed E-state index contributed by atoms with van der Waals surface area (Å²) in [6.07, 6.45) is 4.34. The van der Waals surface area contributed by atoms with Gasteiger partial charge in [-0.25, -0.2) is 14.8 Å². The summed E-state index contributed by atoms with van der Waals surface area (Å²) in [5.41, 5.74) is 1.76. The Morgan fingerprint density at radius 3 is 2.71 bits per heavy atom. The maximum atomic E-state index is 10.8. The van der Waals surface area contributed by atoms with Crippen LogP contribution in [0.4, 0.5) is 0 Å². The van der Waals surface area contributed by atoms with Crippen molar-refractivity contribution in [3.63, 3.8) is 0 Å². The van der Waals surface area contributed by atoms with Crippen LogP contribution in [0.1, 0.15) is 15.9 Å². The lowest BCUT2D eigenvalue weighted by Crippen LogP contribution is -2.02. The predicted octanol–water partition coefficient (Wildman–Crippen LogP) is 1.03. The molecule has 0 fully saturated rings. The first kappa shape index (κ1) is 8.55. The van der Waals surface area contributed by atoms with E-state index in [1.54, 1.807) is 6.92 Å². The van der Waals surface area contributed by atoms with E-state index in [-0.39, 0.29) is 5.56 Å². The van der Waals surface area contributed by atoms with Crippen LogP contribution in [0.15, 0.2) is 18.6 Å². The first-order valence-electron chi connectivity index (χ1n) is 4.00. The molecule has 0 spiro atoms. The minimum absolute atomic E-state index is 0.165. The van der Waals surface area contributed by atoms with Gasteiger partial charge in [0.1, 0.15) is 5.52 Å². The third-order valence-electron chi connectivity index (χ3n) is 1.98. The zero-order valence-electron chi connectivity index (χ0n) is 7.43. The number of pyridine rings is 1. The maximum absolute atomic E-state index is 10.8. The van der Waals surface area contributed by atoms with Gasteiger partial charge < -0.3 is 5.11 Å². The highest BCUT2D eigenvalue weighted by Gasteiger charge is 2.11. The van der Waals surface area contributed by atoms with Crippen molar-refractivity contribution in [2.75, 3.05) is 0 Å². The minimum atomic E-state index is -0.998. The van der Waals surface area contributed by atoms with Gasteiger partial charge in [0.15, 0.2) is 5.65 Å². The quantitative estimate of drug-likeness (QED) is 0.725. The number of fused-ring (bicyclic) bond motifs is 1. The average molecular weight is 189 g/mol. The van der Waals surface area contributed by atoms with Crippen molar-refractivity contribution in [2.24, 2.45) is 0 Å². The van der Waals surface area contributed by atoms with Crippen LogP contribution in [0.3, 0.4) is 0 Å². The summed E-state index contributed by atoms with van der Waals surface area (Å²) in [5, 5.41) is 8.84. The highest BCUT2D eigenvalue weighted by Crippen LogP contribution is 2.14. The number of aryl methyl sites for hydroxylation is 1. The Kier molecular flexibility index (Phi) is 1.85. The molecule has 0 saturated carbocycles. The summed E-state index contributed by atoms with van der Waals surface area (Å²) in [6.45, 7) is 1.70. The van der Waals surface area contributed by atoms with Crippen LogP contribution in [0.5, 0.6) is 0 Å². The molecule has 2 aromatic rings. The van der Waals surface area contributed by atoms with Crippen LogP contribution in [0.25, 0.3) is 11.2 Å². The minimum Gasteiger partial charge on any atom is -0.478 e. The number of aromatic carboxylic acids is 1. The van der Waals surface area contributed by atoms with Crippen molar-refractivity contribution >= 4 is 17.1 Å². The zero-order valence-corrected chi connectivity index (χ0v) is 7.43. The van der Waals surface area contributed by atoms with Crippen molar-refractivity contribution in [2.45, 2.75) is 6.92 Å². The number of carboxylic acid groups (broad SMARTS) is 1. The lowest BCUT2D eigenvalue weighted by Gasteiger charge is -2.02. The molecule has 0 atom stereocenters. The van der Waals surface area contributed by atoms with Crippen LogP contribution >= 0.6 is 0 Å². The largest absolute Gasteiger partial charge is 0.478 e. The van der Waals surface area contributed by atoms with E-state index in [4.69, 9.17) is 5.11 Å². The number of hydrogen-bond donors (Lipinski definition) is 1. The van der Waals surface area contributed by atoms with Crippen LogP contribution in [0.2, 0.25) is 0 Å². The van der Waals surface area contributed by atoms with E-state index < -0.39 is 5.97 Å². The third kappa shape index (κ3) is 1.19. The lowest BCUT2D eigenvalue weighted by molar-refractivity contribution is 0.0696. The molecule has 0 aliphatic carbocycles. The fourth-order valence-corrected chi connectivity index (χ4v) is 1.26. The van der Waals surface area contributed by atoms with Gasteiger partial charge in [0.2, 0.25) is 0 Å². The zero-order chi connectivity index (χ0) is 10.1. The smallest absolute Gasteiger partial charge is 0.337 e. The first-order chi connectivity index (χ1) is 6.70. The van der Waals surface area contributed by atoms with E-state index in [0.29, 0.717) is 16.7 Å². The molecule has 2 heterocycles. The van der Waals surface area contributed by atoms with Gasteiger partial charge in [0, 0.05) is 18.6 Å². The molecule has 5 nitrogen and oxygen atoms in total. The van der Waals surface area contributed by atoms with E-state index in [9.17, 15) is 4.79 Å². The lowest BCUT2D eigenvalue weighted by atomic mass is 10.1. The summed E-state index contributed by atoms with van der Waals surface area (Å²) in [4.78, 5) is 22.7. The Morgan fingerprint density at radius 1 is 1.29 bits per heavy atom. The van der Waals surface area contributed by atoms with E-state index in [1.807, 2.05) is 0 Å². The highest BCUT2D eigenvalue weighted by atomic mass is 16.4.